The standard InChI is InChI=1S/C23H18ClN3O4S/c1-3-31-23(30)18-16(13-7-5-4-6-8-13)12-32-22(18)25-21(29)19-20(28)15-11-14(24)9-10-17(15)27(2)26-19/h4-12H,3H2,1-2H3,(H,25,29). The molecule has 0 fully saturated rings. The molecule has 0 aliphatic heterocycles. The number of carbonyl (C=O) groups is 2. The average molecular weight is 468 g/mol. The number of aryl methyl sites for hydroxylation is 1. The molecule has 4 aromatic rings. The summed E-state index contributed by atoms with van der Waals surface area (Å²) in [5.41, 5.74) is 1.38. The van der Waals surface area contributed by atoms with Crippen LogP contribution in [0.5, 0.6) is 0 Å². The van der Waals surface area contributed by atoms with Gasteiger partial charge in [0.1, 0.15) is 10.6 Å². The summed E-state index contributed by atoms with van der Waals surface area (Å²) in [6.07, 6.45) is 0. The zero-order chi connectivity index (χ0) is 22.8. The Hall–Kier alpha value is -3.49. The van der Waals surface area contributed by atoms with Crippen LogP contribution < -0.4 is 10.7 Å². The van der Waals surface area contributed by atoms with Crippen LogP contribution in [0, 0.1) is 0 Å². The number of nitrogens with zero attached hydrogens (tertiary/aromatic N) is 2. The van der Waals surface area contributed by atoms with Gasteiger partial charge in [-0.3, -0.25) is 14.3 Å². The summed E-state index contributed by atoms with van der Waals surface area (Å²) < 4.78 is 6.65. The summed E-state index contributed by atoms with van der Waals surface area (Å²) in [7, 11) is 1.63. The van der Waals surface area contributed by atoms with Gasteiger partial charge in [-0.1, -0.05) is 41.9 Å². The maximum Gasteiger partial charge on any atom is 0.341 e. The van der Waals surface area contributed by atoms with Crippen LogP contribution in [0.1, 0.15) is 27.8 Å². The number of amides is 1. The Morgan fingerprint density at radius 1 is 1.19 bits per heavy atom. The molecule has 32 heavy (non-hydrogen) atoms. The zero-order valence-electron chi connectivity index (χ0n) is 17.2. The lowest BCUT2D eigenvalue weighted by atomic mass is 10.0. The Morgan fingerprint density at radius 3 is 2.66 bits per heavy atom. The molecule has 0 saturated heterocycles. The second-order valence-corrected chi connectivity index (χ2v) is 8.17. The van der Waals surface area contributed by atoms with Crippen molar-refractivity contribution in [1.82, 2.24) is 9.78 Å². The number of ether oxygens (including phenoxy) is 1. The molecule has 0 saturated carbocycles. The van der Waals surface area contributed by atoms with Crippen LogP contribution >= 0.6 is 22.9 Å². The number of aromatic nitrogens is 2. The molecule has 0 aliphatic carbocycles. The van der Waals surface area contributed by atoms with Gasteiger partial charge in [0, 0.05) is 23.0 Å². The Labute approximate surface area is 192 Å². The smallest absolute Gasteiger partial charge is 0.341 e. The first-order valence-electron chi connectivity index (χ1n) is 9.72. The van der Waals surface area contributed by atoms with E-state index in [-0.39, 0.29) is 28.3 Å². The largest absolute Gasteiger partial charge is 0.462 e. The van der Waals surface area contributed by atoms with E-state index in [4.69, 9.17) is 16.3 Å². The maximum absolute atomic E-state index is 13.0. The Kier molecular flexibility index (Phi) is 6.07. The predicted molar refractivity (Wildman–Crippen MR) is 126 cm³/mol. The van der Waals surface area contributed by atoms with Crippen molar-refractivity contribution >= 4 is 50.7 Å². The van der Waals surface area contributed by atoms with Crippen LogP contribution in [0.3, 0.4) is 0 Å². The highest BCUT2D eigenvalue weighted by Gasteiger charge is 2.25. The number of rotatable bonds is 5. The molecule has 0 bridgehead atoms. The van der Waals surface area contributed by atoms with Gasteiger partial charge >= 0.3 is 5.97 Å². The van der Waals surface area contributed by atoms with Crippen molar-refractivity contribution in [2.45, 2.75) is 6.92 Å². The molecular weight excluding hydrogens is 450 g/mol. The summed E-state index contributed by atoms with van der Waals surface area (Å²) in [6.45, 7) is 1.89. The molecule has 0 unspecified atom stereocenters. The molecule has 0 atom stereocenters. The van der Waals surface area contributed by atoms with Gasteiger partial charge in [0.25, 0.3) is 5.91 Å². The third kappa shape index (κ3) is 4.02. The van der Waals surface area contributed by atoms with Crippen LogP contribution in [0.25, 0.3) is 22.0 Å². The lowest BCUT2D eigenvalue weighted by molar-refractivity contribution is 0.0529. The van der Waals surface area contributed by atoms with Gasteiger partial charge in [-0.05, 0) is 30.7 Å². The first kappa shape index (κ1) is 21.7. The lowest BCUT2D eigenvalue weighted by Crippen LogP contribution is -2.26. The second-order valence-electron chi connectivity index (χ2n) is 6.86. The Balaban J connectivity index is 1.77. The number of hydrogen-bond acceptors (Lipinski definition) is 6. The van der Waals surface area contributed by atoms with E-state index >= 15 is 0 Å². The van der Waals surface area contributed by atoms with Crippen molar-refractivity contribution in [1.29, 1.82) is 0 Å². The summed E-state index contributed by atoms with van der Waals surface area (Å²) in [4.78, 5) is 38.7. The van der Waals surface area contributed by atoms with Gasteiger partial charge in [0.15, 0.2) is 5.69 Å². The normalized spacial score (nSPS) is 10.8. The molecule has 1 N–H and O–H groups in total. The van der Waals surface area contributed by atoms with Crippen molar-refractivity contribution in [3.63, 3.8) is 0 Å². The SMILES string of the molecule is CCOC(=O)c1c(-c2ccccc2)csc1NC(=O)c1nn(C)c2ccc(Cl)cc2c1=O. The molecule has 2 aromatic heterocycles. The number of carbonyl (C=O) groups excluding carboxylic acids is 2. The van der Waals surface area contributed by atoms with Crippen molar-refractivity contribution < 1.29 is 14.3 Å². The summed E-state index contributed by atoms with van der Waals surface area (Å²) in [5, 5.41) is 9.52. The number of nitrogens with one attached hydrogen (secondary N) is 1. The molecule has 1 amide bonds. The van der Waals surface area contributed by atoms with E-state index in [1.54, 1.807) is 31.5 Å². The van der Waals surface area contributed by atoms with Gasteiger partial charge in [-0.2, -0.15) is 5.10 Å². The average Bonchev–Trinajstić information content (AvgIpc) is 3.20. The quantitative estimate of drug-likeness (QED) is 0.428. The molecule has 7 nitrogen and oxygen atoms in total. The van der Waals surface area contributed by atoms with E-state index in [1.165, 1.54) is 22.1 Å². The summed E-state index contributed by atoms with van der Waals surface area (Å²) in [6, 6.07) is 14.1. The first-order valence-corrected chi connectivity index (χ1v) is 11.0. The number of anilines is 1. The fourth-order valence-corrected chi connectivity index (χ4v) is 4.47. The maximum atomic E-state index is 13.0. The van der Waals surface area contributed by atoms with Crippen LogP contribution in [0.15, 0.2) is 58.7 Å². The third-order valence-electron chi connectivity index (χ3n) is 4.81. The molecule has 0 aliphatic rings. The number of benzene rings is 2. The van der Waals surface area contributed by atoms with Gasteiger partial charge in [-0.25, -0.2) is 4.79 Å². The Morgan fingerprint density at radius 2 is 1.94 bits per heavy atom. The van der Waals surface area contributed by atoms with E-state index in [9.17, 15) is 14.4 Å². The molecular formula is C23H18ClN3O4S. The first-order chi connectivity index (χ1) is 15.4. The summed E-state index contributed by atoms with van der Waals surface area (Å²) in [5.74, 6) is -1.28. The highest BCUT2D eigenvalue weighted by molar-refractivity contribution is 7.15. The fraction of sp³-hybridized carbons (Fsp3) is 0.130. The van der Waals surface area contributed by atoms with Gasteiger partial charge in [-0.15, -0.1) is 11.3 Å². The topological polar surface area (TPSA) is 90.3 Å². The zero-order valence-corrected chi connectivity index (χ0v) is 18.8. The number of fused-ring (bicyclic) bond motifs is 1. The van der Waals surface area contributed by atoms with Gasteiger partial charge in [0.2, 0.25) is 5.43 Å². The molecule has 2 heterocycles. The van der Waals surface area contributed by atoms with Crippen LogP contribution in [0.2, 0.25) is 5.02 Å². The van der Waals surface area contributed by atoms with E-state index in [2.05, 4.69) is 10.4 Å². The molecule has 9 heteroatoms. The summed E-state index contributed by atoms with van der Waals surface area (Å²) >= 11 is 7.21. The van der Waals surface area contributed by atoms with Gasteiger partial charge in [0.05, 0.1) is 17.5 Å². The van der Waals surface area contributed by atoms with E-state index in [1.807, 2.05) is 30.3 Å². The van der Waals surface area contributed by atoms with Crippen molar-refractivity contribution in [2.75, 3.05) is 11.9 Å². The Bertz CT molecular complexity index is 1400. The molecule has 162 valence electrons. The van der Waals surface area contributed by atoms with Gasteiger partial charge < -0.3 is 10.1 Å². The number of thiophene rings is 1. The number of halogens is 1. The van der Waals surface area contributed by atoms with E-state index in [0.29, 0.717) is 16.1 Å². The molecule has 0 spiro atoms. The highest BCUT2D eigenvalue weighted by Crippen LogP contribution is 2.36. The minimum Gasteiger partial charge on any atom is -0.462 e. The van der Waals surface area contributed by atoms with Crippen LogP contribution in [-0.2, 0) is 11.8 Å². The number of esters is 1. The van der Waals surface area contributed by atoms with E-state index in [0.717, 1.165) is 5.56 Å². The molecule has 4 rings (SSSR count). The fourth-order valence-electron chi connectivity index (χ4n) is 3.35. The molecule has 0 radical (unpaired) electrons. The van der Waals surface area contributed by atoms with Crippen molar-refractivity contribution in [2.24, 2.45) is 7.05 Å². The minimum absolute atomic E-state index is 0.184. The van der Waals surface area contributed by atoms with Crippen LogP contribution in [0.4, 0.5) is 5.00 Å². The number of hydrogen-bond donors (Lipinski definition) is 1. The minimum atomic E-state index is -0.723. The monoisotopic (exact) mass is 467 g/mol. The third-order valence-corrected chi connectivity index (χ3v) is 5.94. The highest BCUT2D eigenvalue weighted by atomic mass is 35.5. The van der Waals surface area contributed by atoms with Crippen LogP contribution in [-0.4, -0.2) is 28.3 Å². The molecule has 2 aromatic carbocycles. The predicted octanol–water partition coefficient (Wildman–Crippen LogP) is 4.74. The van der Waals surface area contributed by atoms with E-state index < -0.39 is 17.3 Å². The lowest BCUT2D eigenvalue weighted by Gasteiger charge is -2.10. The second kappa shape index (κ2) is 8.94. The van der Waals surface area contributed by atoms with Crippen molar-refractivity contribution in [3.8, 4) is 11.1 Å². The van der Waals surface area contributed by atoms with Crippen molar-refractivity contribution in [3.05, 3.63) is 80.4 Å².